The number of fused-ring (bicyclic) bond motifs is 1. The fourth-order valence-corrected chi connectivity index (χ4v) is 5.24. The van der Waals surface area contributed by atoms with E-state index >= 15 is 0 Å². The summed E-state index contributed by atoms with van der Waals surface area (Å²) in [7, 11) is 0. The second kappa shape index (κ2) is 7.73. The van der Waals surface area contributed by atoms with Crippen molar-refractivity contribution in [3.05, 3.63) is 45.8 Å². The summed E-state index contributed by atoms with van der Waals surface area (Å²) >= 11 is 1.25. The zero-order valence-electron chi connectivity index (χ0n) is 15.8. The van der Waals surface area contributed by atoms with Crippen LogP contribution in [0.2, 0.25) is 0 Å². The second-order valence-corrected chi connectivity index (χ2v) is 8.25. The smallest absolute Gasteiger partial charge is 0.231 e. The van der Waals surface area contributed by atoms with Crippen molar-refractivity contribution < 1.29 is 14.3 Å². The van der Waals surface area contributed by atoms with Crippen molar-refractivity contribution in [3.63, 3.8) is 0 Å². The topological polar surface area (TPSA) is 121 Å². The van der Waals surface area contributed by atoms with Crippen LogP contribution < -0.4 is 20.5 Å². The van der Waals surface area contributed by atoms with Gasteiger partial charge in [0.15, 0.2) is 17.3 Å². The lowest BCUT2D eigenvalue weighted by Crippen LogP contribution is -2.39. The zero-order chi connectivity index (χ0) is 20.4. The van der Waals surface area contributed by atoms with E-state index in [-0.39, 0.29) is 24.2 Å². The molecule has 0 aromatic heterocycles. The van der Waals surface area contributed by atoms with E-state index in [1.54, 1.807) is 18.2 Å². The van der Waals surface area contributed by atoms with Crippen molar-refractivity contribution in [1.29, 1.82) is 10.5 Å². The first kappa shape index (κ1) is 19.2. The number of benzene rings is 1. The van der Waals surface area contributed by atoms with Crippen molar-refractivity contribution in [1.82, 2.24) is 5.32 Å². The molecule has 0 bridgehead atoms. The number of dihydropyridines is 1. The fraction of sp³-hybridized carbons (Fsp3) is 0.381. The molecule has 1 aromatic rings. The van der Waals surface area contributed by atoms with Crippen LogP contribution in [0.5, 0.6) is 11.5 Å². The number of carbonyl (C=O) groups excluding carboxylic acids is 1. The van der Waals surface area contributed by atoms with Gasteiger partial charge in [0.1, 0.15) is 5.82 Å². The van der Waals surface area contributed by atoms with Gasteiger partial charge in [-0.3, -0.25) is 4.79 Å². The summed E-state index contributed by atoms with van der Waals surface area (Å²) in [5.41, 5.74) is 7.00. The molecular weight excluding hydrogens is 388 g/mol. The number of Topliss-reactive ketones (excluding diaryl/α,β-unsaturated/α-hetero) is 1. The van der Waals surface area contributed by atoms with Gasteiger partial charge < -0.3 is 20.5 Å². The first-order valence-electron chi connectivity index (χ1n) is 9.47. The number of hydrogen-bond acceptors (Lipinski definition) is 8. The molecular formula is C21H20N4O3S. The summed E-state index contributed by atoms with van der Waals surface area (Å²) in [6.07, 6.45) is 4.41. The minimum Gasteiger partial charge on any atom is -0.454 e. The van der Waals surface area contributed by atoms with Crippen molar-refractivity contribution >= 4 is 17.5 Å². The Morgan fingerprint density at radius 2 is 1.86 bits per heavy atom. The molecule has 2 heterocycles. The SMILES string of the molecule is N#CC1=C(N)NC(SCC(=O)c2ccc3c(c2)OCO3)=C(C#N)C12CCCCC2. The van der Waals surface area contributed by atoms with E-state index in [0.29, 0.717) is 33.2 Å². The second-order valence-electron chi connectivity index (χ2n) is 7.26. The van der Waals surface area contributed by atoms with Crippen molar-refractivity contribution in [2.75, 3.05) is 12.5 Å². The lowest BCUT2D eigenvalue weighted by Gasteiger charge is -2.40. The zero-order valence-corrected chi connectivity index (χ0v) is 16.6. The molecule has 1 fully saturated rings. The minimum atomic E-state index is -0.638. The molecule has 3 N–H and O–H groups in total. The first-order chi connectivity index (χ1) is 14.1. The number of thioether (sulfide) groups is 1. The number of nitrogens with two attached hydrogens (primary N) is 1. The minimum absolute atomic E-state index is 0.0915. The molecule has 1 spiro atoms. The fourth-order valence-electron chi connectivity index (χ4n) is 4.23. The van der Waals surface area contributed by atoms with Crippen LogP contribution in [0.3, 0.4) is 0 Å². The predicted molar refractivity (Wildman–Crippen MR) is 107 cm³/mol. The molecule has 0 unspecified atom stereocenters. The highest BCUT2D eigenvalue weighted by Gasteiger charge is 2.45. The molecule has 8 heteroatoms. The number of allylic oxidation sites excluding steroid dienone is 2. The Morgan fingerprint density at radius 1 is 1.14 bits per heavy atom. The molecule has 0 saturated heterocycles. The van der Waals surface area contributed by atoms with E-state index in [1.807, 2.05) is 0 Å². The summed E-state index contributed by atoms with van der Waals surface area (Å²) < 4.78 is 10.6. The van der Waals surface area contributed by atoms with Crippen LogP contribution in [-0.4, -0.2) is 18.3 Å². The molecule has 2 aliphatic heterocycles. The number of nitrogens with zero attached hydrogens (tertiary/aromatic N) is 2. The van der Waals surface area contributed by atoms with Gasteiger partial charge >= 0.3 is 0 Å². The van der Waals surface area contributed by atoms with Gasteiger partial charge in [0.25, 0.3) is 0 Å². The molecule has 4 rings (SSSR count). The molecule has 7 nitrogen and oxygen atoms in total. The lowest BCUT2D eigenvalue weighted by molar-refractivity contribution is 0.102. The van der Waals surface area contributed by atoms with Crippen LogP contribution in [0.4, 0.5) is 0 Å². The Hall–Kier alpha value is -3.10. The van der Waals surface area contributed by atoms with Gasteiger partial charge in [0.2, 0.25) is 6.79 Å². The van der Waals surface area contributed by atoms with Crippen LogP contribution in [0.15, 0.2) is 40.2 Å². The van der Waals surface area contributed by atoms with Gasteiger partial charge in [-0.05, 0) is 31.0 Å². The molecule has 0 radical (unpaired) electrons. The number of nitrogens with one attached hydrogen (secondary N) is 1. The van der Waals surface area contributed by atoms with Crippen LogP contribution in [0.1, 0.15) is 42.5 Å². The average molecular weight is 408 g/mol. The highest BCUT2D eigenvalue weighted by atomic mass is 32.2. The Bertz CT molecular complexity index is 1010. The average Bonchev–Trinajstić information content (AvgIpc) is 3.20. The van der Waals surface area contributed by atoms with Gasteiger partial charge in [-0.25, -0.2) is 0 Å². The first-order valence-corrected chi connectivity index (χ1v) is 10.5. The summed E-state index contributed by atoms with van der Waals surface area (Å²) in [4.78, 5) is 12.7. The van der Waals surface area contributed by atoms with Crippen LogP contribution >= 0.6 is 11.8 Å². The summed E-state index contributed by atoms with van der Waals surface area (Å²) in [6.45, 7) is 0.152. The van der Waals surface area contributed by atoms with Crippen LogP contribution in [-0.2, 0) is 0 Å². The van der Waals surface area contributed by atoms with Gasteiger partial charge in [-0.2, -0.15) is 10.5 Å². The Morgan fingerprint density at radius 3 is 2.59 bits per heavy atom. The molecule has 148 valence electrons. The van der Waals surface area contributed by atoms with Crippen molar-refractivity contribution in [2.24, 2.45) is 11.1 Å². The largest absolute Gasteiger partial charge is 0.454 e. The maximum Gasteiger partial charge on any atom is 0.231 e. The van der Waals surface area contributed by atoms with Gasteiger partial charge in [-0.1, -0.05) is 31.0 Å². The van der Waals surface area contributed by atoms with E-state index in [1.165, 1.54) is 11.8 Å². The molecule has 1 aromatic carbocycles. The number of hydrogen-bond donors (Lipinski definition) is 2. The summed E-state index contributed by atoms with van der Waals surface area (Å²) in [6, 6.07) is 9.62. The molecule has 1 saturated carbocycles. The van der Waals surface area contributed by atoms with E-state index < -0.39 is 5.41 Å². The number of nitriles is 2. The Labute approximate surface area is 173 Å². The maximum absolute atomic E-state index is 12.7. The van der Waals surface area contributed by atoms with Gasteiger partial charge in [0.05, 0.1) is 34.1 Å². The third-order valence-corrected chi connectivity index (χ3v) is 6.68. The molecule has 29 heavy (non-hydrogen) atoms. The third kappa shape index (κ3) is 3.30. The quantitative estimate of drug-likeness (QED) is 0.728. The van der Waals surface area contributed by atoms with E-state index in [4.69, 9.17) is 15.2 Å². The maximum atomic E-state index is 12.7. The number of ketones is 1. The van der Waals surface area contributed by atoms with Gasteiger partial charge in [-0.15, -0.1) is 0 Å². The molecule has 3 aliphatic rings. The lowest BCUT2D eigenvalue weighted by atomic mass is 9.64. The predicted octanol–water partition coefficient (Wildman–Crippen LogP) is 3.31. The van der Waals surface area contributed by atoms with Crippen LogP contribution in [0, 0.1) is 28.1 Å². The highest BCUT2D eigenvalue weighted by molar-refractivity contribution is 8.03. The molecule has 1 aliphatic carbocycles. The molecule has 0 amide bonds. The third-order valence-electron chi connectivity index (χ3n) is 5.67. The van der Waals surface area contributed by atoms with Crippen LogP contribution in [0.25, 0.3) is 0 Å². The van der Waals surface area contributed by atoms with Crippen molar-refractivity contribution in [3.8, 4) is 23.6 Å². The Balaban J connectivity index is 1.58. The molecule has 0 atom stereocenters. The summed E-state index contributed by atoms with van der Waals surface area (Å²) in [5.74, 6) is 1.51. The van der Waals surface area contributed by atoms with Crippen molar-refractivity contribution in [2.45, 2.75) is 32.1 Å². The van der Waals surface area contributed by atoms with Gasteiger partial charge in [0, 0.05) is 11.0 Å². The van der Waals surface area contributed by atoms with E-state index in [0.717, 1.165) is 32.1 Å². The monoisotopic (exact) mass is 408 g/mol. The standard InChI is InChI=1S/C21H20N4O3S/c22-9-14-19(24)25-20(15(10-23)21(14)6-2-1-3-7-21)29-11-16(26)13-4-5-17-18(8-13)28-12-27-17/h4-5,8,25H,1-3,6-7,11-12,24H2. The summed E-state index contributed by atoms with van der Waals surface area (Å²) in [5, 5.41) is 23.2. The highest BCUT2D eigenvalue weighted by Crippen LogP contribution is 2.51. The normalized spacial score (nSPS) is 19.5. The van der Waals surface area contributed by atoms with E-state index in [9.17, 15) is 15.3 Å². The Kier molecular flexibility index (Phi) is 5.12. The van der Waals surface area contributed by atoms with E-state index in [2.05, 4.69) is 17.5 Å². The number of rotatable bonds is 4. The number of carbonyl (C=O) groups is 1. The number of ether oxygens (including phenoxy) is 2.